The van der Waals surface area contributed by atoms with Crippen LogP contribution < -0.4 is 5.32 Å². The normalized spacial score (nSPS) is 19.7. The number of nitrogens with zero attached hydrogens (tertiary/aromatic N) is 3. The Morgan fingerprint density at radius 1 is 1.05 bits per heavy atom. The Hall–Kier alpha value is -1.65. The molecule has 2 aromatic heterocycles. The zero-order valence-corrected chi connectivity index (χ0v) is 13.4. The van der Waals surface area contributed by atoms with Gasteiger partial charge in [-0.05, 0) is 25.7 Å². The number of fused-ring (bicyclic) bond motifs is 1. The fourth-order valence-electron chi connectivity index (χ4n) is 3.55. The maximum atomic E-state index is 4.78. The van der Waals surface area contributed by atoms with Gasteiger partial charge in [0.1, 0.15) is 17.2 Å². The summed E-state index contributed by atoms with van der Waals surface area (Å²) in [7, 11) is 0. The summed E-state index contributed by atoms with van der Waals surface area (Å²) >= 11 is 0. The van der Waals surface area contributed by atoms with Gasteiger partial charge in [-0.1, -0.05) is 32.1 Å². The van der Waals surface area contributed by atoms with Crippen molar-refractivity contribution in [2.75, 3.05) is 11.9 Å². The van der Waals surface area contributed by atoms with E-state index in [0.717, 1.165) is 47.5 Å². The van der Waals surface area contributed by atoms with Crippen LogP contribution in [0.3, 0.4) is 0 Å². The van der Waals surface area contributed by atoms with Gasteiger partial charge in [0.2, 0.25) is 0 Å². The van der Waals surface area contributed by atoms with Gasteiger partial charge in [0.05, 0.1) is 0 Å². The van der Waals surface area contributed by atoms with Crippen LogP contribution in [0.4, 0.5) is 5.82 Å². The van der Waals surface area contributed by atoms with Crippen LogP contribution in [-0.2, 0) is 6.42 Å². The van der Waals surface area contributed by atoms with Crippen molar-refractivity contribution in [2.24, 2.45) is 5.92 Å². The molecule has 2 N–H and O–H groups in total. The fraction of sp³-hybridized carbons (Fsp3) is 0.706. The molecule has 0 atom stereocenters. The highest BCUT2D eigenvalue weighted by Crippen LogP contribution is 2.39. The number of nitrogens with one attached hydrogen (secondary N) is 2. The molecule has 2 aliphatic carbocycles. The van der Waals surface area contributed by atoms with Crippen LogP contribution in [-0.4, -0.2) is 26.5 Å². The molecule has 0 amide bonds. The maximum Gasteiger partial charge on any atom is 0.183 e. The van der Waals surface area contributed by atoms with E-state index < -0.39 is 0 Å². The fourth-order valence-corrected chi connectivity index (χ4v) is 3.55. The van der Waals surface area contributed by atoms with Crippen LogP contribution in [0.15, 0.2) is 0 Å². The third kappa shape index (κ3) is 2.81. The molecule has 0 aromatic carbocycles. The number of rotatable bonds is 5. The summed E-state index contributed by atoms with van der Waals surface area (Å²) in [6, 6.07) is 0. The number of aromatic amines is 1. The molecule has 22 heavy (non-hydrogen) atoms. The van der Waals surface area contributed by atoms with Crippen molar-refractivity contribution in [3.8, 4) is 0 Å². The zero-order valence-electron chi connectivity index (χ0n) is 13.4. The lowest BCUT2D eigenvalue weighted by Crippen LogP contribution is -2.12. The number of H-pyrrole nitrogens is 1. The van der Waals surface area contributed by atoms with Gasteiger partial charge >= 0.3 is 0 Å². The smallest absolute Gasteiger partial charge is 0.183 e. The van der Waals surface area contributed by atoms with Gasteiger partial charge in [0.15, 0.2) is 11.5 Å². The summed E-state index contributed by atoms with van der Waals surface area (Å²) in [6.45, 7) is 2.97. The topological polar surface area (TPSA) is 66.5 Å². The zero-order chi connectivity index (χ0) is 14.9. The van der Waals surface area contributed by atoms with Crippen molar-refractivity contribution in [3.63, 3.8) is 0 Å². The van der Waals surface area contributed by atoms with Crippen molar-refractivity contribution >= 4 is 17.0 Å². The van der Waals surface area contributed by atoms with Gasteiger partial charge in [-0.3, -0.25) is 0 Å². The van der Waals surface area contributed by atoms with Gasteiger partial charge in [0.25, 0.3) is 0 Å². The van der Waals surface area contributed by atoms with Crippen molar-refractivity contribution in [1.29, 1.82) is 0 Å². The number of aromatic nitrogens is 4. The first kappa shape index (κ1) is 14.0. The number of hydrogen-bond acceptors (Lipinski definition) is 4. The number of hydrogen-bond donors (Lipinski definition) is 2. The SMILES string of the molecule is CCNc1nc(CC2CCCCC2)nc2nc(C3CC3)[nH]c12. The standard InChI is InChI=1S/C17H25N5/c1-2-18-16-14-17(22-15(21-14)12-8-9-12)20-13(19-16)10-11-6-4-3-5-7-11/h11-12H,2-10H2,1H3,(H2,18,19,20,21,22). The molecule has 0 radical (unpaired) electrons. The predicted molar refractivity (Wildman–Crippen MR) is 88.1 cm³/mol. The first-order valence-electron chi connectivity index (χ1n) is 8.84. The lowest BCUT2D eigenvalue weighted by molar-refractivity contribution is 0.352. The molecular formula is C17H25N5. The molecule has 2 aromatic rings. The number of imidazole rings is 1. The summed E-state index contributed by atoms with van der Waals surface area (Å²) in [5.41, 5.74) is 1.83. The van der Waals surface area contributed by atoms with Gasteiger partial charge in [-0.25, -0.2) is 15.0 Å². The molecule has 118 valence electrons. The molecule has 0 saturated heterocycles. The Morgan fingerprint density at radius 2 is 1.86 bits per heavy atom. The third-order valence-corrected chi connectivity index (χ3v) is 4.92. The highest BCUT2D eigenvalue weighted by molar-refractivity contribution is 5.83. The predicted octanol–water partition coefficient (Wildman–Crippen LogP) is 3.78. The second-order valence-corrected chi connectivity index (χ2v) is 6.82. The molecule has 0 aliphatic heterocycles. The van der Waals surface area contributed by atoms with E-state index in [-0.39, 0.29) is 0 Å². The monoisotopic (exact) mass is 299 g/mol. The van der Waals surface area contributed by atoms with E-state index in [4.69, 9.17) is 15.0 Å². The van der Waals surface area contributed by atoms with E-state index in [1.54, 1.807) is 0 Å². The minimum Gasteiger partial charge on any atom is -0.368 e. The Morgan fingerprint density at radius 3 is 2.59 bits per heavy atom. The van der Waals surface area contributed by atoms with Crippen LogP contribution in [0.5, 0.6) is 0 Å². The Balaban J connectivity index is 1.65. The molecule has 5 nitrogen and oxygen atoms in total. The molecule has 4 rings (SSSR count). The molecule has 5 heteroatoms. The highest BCUT2D eigenvalue weighted by atomic mass is 15.1. The molecule has 2 fully saturated rings. The van der Waals surface area contributed by atoms with Crippen LogP contribution in [0, 0.1) is 5.92 Å². The molecule has 0 spiro atoms. The van der Waals surface area contributed by atoms with E-state index in [2.05, 4.69) is 17.2 Å². The number of anilines is 1. The molecule has 0 unspecified atom stereocenters. The first-order valence-corrected chi connectivity index (χ1v) is 8.84. The highest BCUT2D eigenvalue weighted by Gasteiger charge is 2.28. The summed E-state index contributed by atoms with van der Waals surface area (Å²) in [4.78, 5) is 17.7. The van der Waals surface area contributed by atoms with Crippen LogP contribution in [0.2, 0.25) is 0 Å². The van der Waals surface area contributed by atoms with Crippen LogP contribution in [0.25, 0.3) is 11.2 Å². The second kappa shape index (κ2) is 5.86. The Kier molecular flexibility index (Phi) is 3.72. The van der Waals surface area contributed by atoms with Gasteiger partial charge in [-0.2, -0.15) is 0 Å². The molecule has 0 bridgehead atoms. The maximum absolute atomic E-state index is 4.78. The van der Waals surface area contributed by atoms with Gasteiger partial charge in [0, 0.05) is 18.9 Å². The molecule has 2 aliphatic rings. The molecular weight excluding hydrogens is 274 g/mol. The third-order valence-electron chi connectivity index (χ3n) is 4.92. The average Bonchev–Trinajstić information content (AvgIpc) is 3.29. The van der Waals surface area contributed by atoms with Gasteiger partial charge in [-0.15, -0.1) is 0 Å². The minimum atomic E-state index is 0.616. The van der Waals surface area contributed by atoms with Gasteiger partial charge < -0.3 is 10.3 Å². The van der Waals surface area contributed by atoms with Crippen molar-refractivity contribution in [3.05, 3.63) is 11.6 Å². The largest absolute Gasteiger partial charge is 0.368 e. The average molecular weight is 299 g/mol. The Bertz CT molecular complexity index is 652. The summed E-state index contributed by atoms with van der Waals surface area (Å²) in [5, 5.41) is 3.38. The van der Waals surface area contributed by atoms with E-state index in [9.17, 15) is 0 Å². The van der Waals surface area contributed by atoms with E-state index in [1.165, 1.54) is 44.9 Å². The summed E-state index contributed by atoms with van der Waals surface area (Å²) < 4.78 is 0. The second-order valence-electron chi connectivity index (χ2n) is 6.82. The first-order chi connectivity index (χ1) is 10.8. The van der Waals surface area contributed by atoms with Crippen LogP contribution in [0.1, 0.15) is 69.4 Å². The van der Waals surface area contributed by atoms with Crippen LogP contribution >= 0.6 is 0 Å². The summed E-state index contributed by atoms with van der Waals surface area (Å²) in [5.74, 6) is 4.35. The Labute approximate surface area is 131 Å². The van der Waals surface area contributed by atoms with E-state index in [0.29, 0.717) is 5.92 Å². The summed E-state index contributed by atoms with van der Waals surface area (Å²) in [6.07, 6.45) is 10.3. The van der Waals surface area contributed by atoms with E-state index >= 15 is 0 Å². The quantitative estimate of drug-likeness (QED) is 0.881. The van der Waals surface area contributed by atoms with Crippen molar-refractivity contribution in [2.45, 2.75) is 64.2 Å². The van der Waals surface area contributed by atoms with Crippen molar-refractivity contribution < 1.29 is 0 Å². The molecule has 2 heterocycles. The molecule has 2 saturated carbocycles. The van der Waals surface area contributed by atoms with E-state index in [1.807, 2.05) is 0 Å². The van der Waals surface area contributed by atoms with Crippen molar-refractivity contribution in [1.82, 2.24) is 19.9 Å². The minimum absolute atomic E-state index is 0.616. The lowest BCUT2D eigenvalue weighted by atomic mass is 9.87. The lowest BCUT2D eigenvalue weighted by Gasteiger charge is -2.20.